The average molecular weight is 329 g/mol. The van der Waals surface area contributed by atoms with E-state index in [0.717, 1.165) is 51.6 Å². The second kappa shape index (κ2) is 17.3. The molecule has 0 aromatic rings. The van der Waals surface area contributed by atoms with Crippen molar-refractivity contribution in [2.24, 2.45) is 0 Å². The van der Waals surface area contributed by atoms with E-state index in [4.69, 9.17) is 10.2 Å². The van der Waals surface area contributed by atoms with Gasteiger partial charge in [0.05, 0.1) is 0 Å². The molecule has 3 N–H and O–H groups in total. The van der Waals surface area contributed by atoms with Crippen LogP contribution in [0.5, 0.6) is 0 Å². The van der Waals surface area contributed by atoms with Crippen molar-refractivity contribution >= 4 is 11.9 Å². The maximum Gasteiger partial charge on any atom is 0.303 e. The first-order valence-corrected chi connectivity index (χ1v) is 9.27. The molecule has 0 aliphatic heterocycles. The molecule has 5 heteroatoms. The fraction of sp³-hybridized carbons (Fsp3) is 0.889. The summed E-state index contributed by atoms with van der Waals surface area (Å²) in [6.45, 7) is 2.15. The third kappa shape index (κ3) is 20.9. The van der Waals surface area contributed by atoms with Crippen molar-refractivity contribution in [3.63, 3.8) is 0 Å². The third-order valence-electron chi connectivity index (χ3n) is 3.99. The van der Waals surface area contributed by atoms with Crippen LogP contribution >= 0.6 is 0 Å². The molecule has 0 bridgehead atoms. The molecule has 0 fully saturated rings. The fourth-order valence-electron chi connectivity index (χ4n) is 2.59. The normalized spacial score (nSPS) is 10.8. The number of aliphatic carboxylic acids is 2. The van der Waals surface area contributed by atoms with Crippen LogP contribution in [0.25, 0.3) is 0 Å². The highest BCUT2D eigenvalue weighted by atomic mass is 16.4. The minimum Gasteiger partial charge on any atom is -0.481 e. The van der Waals surface area contributed by atoms with E-state index in [1.165, 1.54) is 38.5 Å². The molecule has 0 spiro atoms. The van der Waals surface area contributed by atoms with Crippen molar-refractivity contribution in [1.29, 1.82) is 0 Å². The van der Waals surface area contributed by atoms with Gasteiger partial charge < -0.3 is 15.5 Å². The second-order valence-corrected chi connectivity index (χ2v) is 6.28. The zero-order valence-corrected chi connectivity index (χ0v) is 14.5. The van der Waals surface area contributed by atoms with Gasteiger partial charge in [-0.25, -0.2) is 0 Å². The van der Waals surface area contributed by atoms with Crippen molar-refractivity contribution in [2.45, 2.75) is 89.9 Å². The van der Waals surface area contributed by atoms with Crippen LogP contribution in [0.3, 0.4) is 0 Å². The van der Waals surface area contributed by atoms with Crippen LogP contribution in [0.4, 0.5) is 0 Å². The molecule has 0 aliphatic carbocycles. The fourth-order valence-corrected chi connectivity index (χ4v) is 2.59. The smallest absolute Gasteiger partial charge is 0.303 e. The molecule has 0 aliphatic rings. The molecule has 0 heterocycles. The molecule has 0 unspecified atom stereocenters. The molecule has 0 amide bonds. The van der Waals surface area contributed by atoms with E-state index in [9.17, 15) is 9.59 Å². The molecule has 0 saturated heterocycles. The number of hydrogen-bond acceptors (Lipinski definition) is 3. The van der Waals surface area contributed by atoms with E-state index in [1.807, 2.05) is 0 Å². The minimum atomic E-state index is -0.686. The lowest BCUT2D eigenvalue weighted by Crippen LogP contribution is -2.16. The summed E-state index contributed by atoms with van der Waals surface area (Å²) < 4.78 is 0. The van der Waals surface area contributed by atoms with Crippen LogP contribution in [0.15, 0.2) is 0 Å². The molecule has 0 radical (unpaired) electrons. The number of nitrogens with one attached hydrogen (secondary N) is 1. The van der Waals surface area contributed by atoms with Crippen molar-refractivity contribution in [3.8, 4) is 0 Å². The zero-order chi connectivity index (χ0) is 17.2. The van der Waals surface area contributed by atoms with E-state index < -0.39 is 11.9 Å². The molecule has 5 nitrogen and oxygen atoms in total. The van der Waals surface area contributed by atoms with Gasteiger partial charge in [0.1, 0.15) is 0 Å². The summed E-state index contributed by atoms with van der Waals surface area (Å²) in [7, 11) is 0. The van der Waals surface area contributed by atoms with Crippen LogP contribution in [0.1, 0.15) is 89.9 Å². The van der Waals surface area contributed by atoms with Crippen LogP contribution in [-0.4, -0.2) is 35.2 Å². The second-order valence-electron chi connectivity index (χ2n) is 6.28. The van der Waals surface area contributed by atoms with Gasteiger partial charge in [0.25, 0.3) is 0 Å². The largest absolute Gasteiger partial charge is 0.481 e. The lowest BCUT2D eigenvalue weighted by molar-refractivity contribution is -0.138. The van der Waals surface area contributed by atoms with E-state index in [0.29, 0.717) is 12.8 Å². The number of carbonyl (C=O) groups is 2. The van der Waals surface area contributed by atoms with Crippen LogP contribution < -0.4 is 5.32 Å². The number of hydrogen-bond donors (Lipinski definition) is 3. The van der Waals surface area contributed by atoms with Gasteiger partial charge >= 0.3 is 11.9 Å². The Hall–Kier alpha value is -1.10. The lowest BCUT2D eigenvalue weighted by Gasteiger charge is -2.05. The highest BCUT2D eigenvalue weighted by molar-refractivity contribution is 5.66. The van der Waals surface area contributed by atoms with Gasteiger partial charge in [-0.05, 0) is 38.8 Å². The predicted molar refractivity (Wildman–Crippen MR) is 92.8 cm³/mol. The highest BCUT2D eigenvalue weighted by Gasteiger charge is 1.97. The van der Waals surface area contributed by atoms with E-state index in [-0.39, 0.29) is 0 Å². The van der Waals surface area contributed by atoms with Crippen molar-refractivity contribution in [3.05, 3.63) is 0 Å². The summed E-state index contributed by atoms with van der Waals surface area (Å²) in [5, 5.41) is 20.5. The molecule has 0 aromatic carbocycles. The SMILES string of the molecule is O=C(O)CCCCCCCCNCCCCCCCCC(=O)O. The van der Waals surface area contributed by atoms with Gasteiger partial charge in [0, 0.05) is 12.8 Å². The van der Waals surface area contributed by atoms with Crippen molar-refractivity contribution < 1.29 is 19.8 Å². The molecule has 0 saturated carbocycles. The van der Waals surface area contributed by atoms with Crippen molar-refractivity contribution in [1.82, 2.24) is 5.32 Å². The number of carboxylic acid groups (broad SMARTS) is 2. The van der Waals surface area contributed by atoms with Gasteiger partial charge in [-0.15, -0.1) is 0 Å². The standard InChI is InChI=1S/C18H35NO4/c20-17(21)13-9-5-1-3-7-11-15-19-16-12-8-4-2-6-10-14-18(22)23/h19H,1-16H2,(H,20,21)(H,22,23). The molecular formula is C18H35NO4. The first-order chi connectivity index (χ1) is 11.1. The Bertz CT molecular complexity index is 267. The monoisotopic (exact) mass is 329 g/mol. The van der Waals surface area contributed by atoms with E-state index in [1.54, 1.807) is 0 Å². The molecule has 0 aromatic heterocycles. The van der Waals surface area contributed by atoms with Crippen LogP contribution in [0.2, 0.25) is 0 Å². The van der Waals surface area contributed by atoms with Crippen molar-refractivity contribution in [2.75, 3.05) is 13.1 Å². The summed E-state index contributed by atoms with van der Waals surface area (Å²) in [4.78, 5) is 20.7. The van der Waals surface area contributed by atoms with Gasteiger partial charge in [0.2, 0.25) is 0 Å². The molecule has 0 rings (SSSR count). The Morgan fingerprint density at radius 3 is 1.17 bits per heavy atom. The summed E-state index contributed by atoms with van der Waals surface area (Å²) in [6, 6.07) is 0. The quantitative estimate of drug-likeness (QED) is 0.328. The Morgan fingerprint density at radius 2 is 0.826 bits per heavy atom. The number of unbranched alkanes of at least 4 members (excludes halogenated alkanes) is 10. The molecule has 23 heavy (non-hydrogen) atoms. The first kappa shape index (κ1) is 21.9. The maximum atomic E-state index is 10.3. The molecular weight excluding hydrogens is 294 g/mol. The number of rotatable bonds is 18. The van der Waals surface area contributed by atoms with Crippen LogP contribution in [-0.2, 0) is 9.59 Å². The van der Waals surface area contributed by atoms with Gasteiger partial charge in [0.15, 0.2) is 0 Å². The van der Waals surface area contributed by atoms with Gasteiger partial charge in [-0.2, -0.15) is 0 Å². The Morgan fingerprint density at radius 1 is 0.522 bits per heavy atom. The first-order valence-electron chi connectivity index (χ1n) is 9.27. The van der Waals surface area contributed by atoms with Gasteiger partial charge in [-0.1, -0.05) is 51.4 Å². The topological polar surface area (TPSA) is 86.6 Å². The summed E-state index contributed by atoms with van der Waals surface area (Å²) in [5.74, 6) is -1.37. The molecule has 136 valence electrons. The summed E-state index contributed by atoms with van der Waals surface area (Å²) in [5.41, 5.74) is 0. The zero-order valence-electron chi connectivity index (χ0n) is 14.5. The summed E-state index contributed by atoms with van der Waals surface area (Å²) in [6.07, 6.45) is 13.9. The highest BCUT2D eigenvalue weighted by Crippen LogP contribution is 2.08. The average Bonchev–Trinajstić information content (AvgIpc) is 2.49. The Balaban J connectivity index is 3.00. The van der Waals surface area contributed by atoms with E-state index in [2.05, 4.69) is 5.32 Å². The number of carboxylic acids is 2. The van der Waals surface area contributed by atoms with E-state index >= 15 is 0 Å². The Labute approximate surface area is 140 Å². The Kier molecular flexibility index (Phi) is 16.4. The third-order valence-corrected chi connectivity index (χ3v) is 3.99. The maximum absolute atomic E-state index is 10.3. The molecule has 0 atom stereocenters. The lowest BCUT2D eigenvalue weighted by atomic mass is 10.1. The minimum absolute atomic E-state index is 0.307. The van der Waals surface area contributed by atoms with Gasteiger partial charge in [-0.3, -0.25) is 9.59 Å². The van der Waals surface area contributed by atoms with Crippen LogP contribution in [0, 0.1) is 0 Å². The summed E-state index contributed by atoms with van der Waals surface area (Å²) >= 11 is 0. The predicted octanol–water partition coefficient (Wildman–Crippen LogP) is 4.21.